The smallest absolute Gasteiger partial charge is 0.410 e. The Balaban J connectivity index is 1.41. The molecule has 2 atom stereocenters. The van der Waals surface area contributed by atoms with Crippen LogP contribution in [0.5, 0.6) is 5.75 Å². The third kappa shape index (κ3) is 4.38. The molecule has 0 bridgehead atoms. The van der Waals surface area contributed by atoms with Crippen molar-refractivity contribution in [2.75, 3.05) is 6.54 Å². The van der Waals surface area contributed by atoms with Crippen LogP contribution in [0.2, 0.25) is 0 Å². The van der Waals surface area contributed by atoms with Gasteiger partial charge in [-0.3, -0.25) is 9.48 Å². The molecule has 36 heavy (non-hydrogen) atoms. The Kier molecular flexibility index (Phi) is 5.69. The molecule has 3 aromatic heterocycles. The molecule has 0 aliphatic carbocycles. The lowest BCUT2D eigenvalue weighted by Gasteiger charge is -2.38. The second-order valence-corrected chi connectivity index (χ2v) is 10.5. The van der Waals surface area contributed by atoms with Gasteiger partial charge in [0.1, 0.15) is 11.4 Å². The number of aromatic hydroxyl groups is 1. The van der Waals surface area contributed by atoms with Crippen LogP contribution in [0.3, 0.4) is 0 Å². The number of carbonyl (C=O) groups excluding carboxylic acids is 1. The Morgan fingerprint density at radius 1 is 1.22 bits per heavy atom. The average Bonchev–Trinajstić information content (AvgIpc) is 3.16. The van der Waals surface area contributed by atoms with Gasteiger partial charge in [-0.1, -0.05) is 0 Å². The van der Waals surface area contributed by atoms with Gasteiger partial charge in [-0.05, 0) is 52.7 Å². The van der Waals surface area contributed by atoms with Gasteiger partial charge in [0.05, 0.1) is 22.0 Å². The molecule has 0 saturated carbocycles. The van der Waals surface area contributed by atoms with E-state index in [9.17, 15) is 14.7 Å². The van der Waals surface area contributed by atoms with Gasteiger partial charge in [0.15, 0.2) is 5.82 Å². The Bertz CT molecular complexity index is 1530. The van der Waals surface area contributed by atoms with Crippen molar-refractivity contribution >= 4 is 27.9 Å². The second kappa shape index (κ2) is 8.61. The van der Waals surface area contributed by atoms with E-state index in [1.807, 2.05) is 40.9 Å². The lowest BCUT2D eigenvalue weighted by atomic mass is 9.98. The van der Waals surface area contributed by atoms with Gasteiger partial charge in [-0.15, -0.1) is 0 Å². The summed E-state index contributed by atoms with van der Waals surface area (Å²) < 4.78 is 8.92. The number of hydrogen-bond donors (Lipinski definition) is 1. The van der Waals surface area contributed by atoms with Crippen molar-refractivity contribution in [2.24, 2.45) is 7.05 Å². The third-order valence-electron chi connectivity index (χ3n) is 6.52. The van der Waals surface area contributed by atoms with E-state index in [-0.39, 0.29) is 29.5 Å². The number of benzene rings is 1. The highest BCUT2D eigenvalue weighted by Crippen LogP contribution is 2.32. The molecule has 0 unspecified atom stereocenters. The first-order chi connectivity index (χ1) is 17.0. The Morgan fingerprint density at radius 3 is 2.72 bits per heavy atom. The molecule has 1 fully saturated rings. The molecular weight excluding hydrogens is 460 g/mol. The topological polar surface area (TPSA) is 115 Å². The standard InChI is InChI=1S/C26H30N6O4/c1-15-10-17(6-8-31(15)25(35)36-26(2,3)4)32-9-7-20-19(24(32)34)13-27-23(28-20)18-11-16-14-30(5)29-21(16)12-22(18)33/h7,9,11-15,17,33H,6,8,10H2,1-5H3/t15-,17-/m0/s1. The SMILES string of the molecule is C[C@H]1C[C@@H](n2ccc3nc(-c4cc5cn(C)nc5cc4O)ncc3c2=O)CCN1C(=O)OC(C)(C)C. The van der Waals surface area contributed by atoms with Gasteiger partial charge in [0.2, 0.25) is 0 Å². The first-order valence-corrected chi connectivity index (χ1v) is 12.0. The number of phenols is 1. The van der Waals surface area contributed by atoms with Crippen LogP contribution in [0.4, 0.5) is 4.79 Å². The number of likely N-dealkylation sites (tertiary alicyclic amines) is 1. The molecule has 4 heterocycles. The number of hydrogen-bond acceptors (Lipinski definition) is 7. The van der Waals surface area contributed by atoms with E-state index >= 15 is 0 Å². The minimum absolute atomic E-state index is 0.0274. The van der Waals surface area contributed by atoms with Gasteiger partial charge in [0.25, 0.3) is 5.56 Å². The van der Waals surface area contributed by atoms with Gasteiger partial charge < -0.3 is 19.3 Å². The van der Waals surface area contributed by atoms with Crippen LogP contribution in [0.15, 0.2) is 41.6 Å². The number of aromatic nitrogens is 5. The number of aryl methyl sites for hydroxylation is 1. The minimum atomic E-state index is -0.553. The van der Waals surface area contributed by atoms with Gasteiger partial charge in [0, 0.05) is 55.7 Å². The highest BCUT2D eigenvalue weighted by molar-refractivity contribution is 5.87. The zero-order valence-corrected chi connectivity index (χ0v) is 21.1. The average molecular weight is 491 g/mol. The fourth-order valence-corrected chi connectivity index (χ4v) is 4.82. The van der Waals surface area contributed by atoms with Crippen LogP contribution in [0.1, 0.15) is 46.6 Å². The zero-order chi connectivity index (χ0) is 25.8. The van der Waals surface area contributed by atoms with Crippen LogP contribution < -0.4 is 5.56 Å². The summed E-state index contributed by atoms with van der Waals surface area (Å²) in [4.78, 5) is 36.6. The molecule has 1 aliphatic heterocycles. The monoisotopic (exact) mass is 490 g/mol. The summed E-state index contributed by atoms with van der Waals surface area (Å²) in [5.41, 5.74) is 0.932. The number of piperidine rings is 1. The molecule has 10 heteroatoms. The highest BCUT2D eigenvalue weighted by Gasteiger charge is 2.33. The molecule has 1 saturated heterocycles. The van der Waals surface area contributed by atoms with Gasteiger partial charge in [-0.2, -0.15) is 5.10 Å². The van der Waals surface area contributed by atoms with Crippen molar-refractivity contribution in [1.29, 1.82) is 0 Å². The van der Waals surface area contributed by atoms with Crippen molar-refractivity contribution in [3.63, 3.8) is 0 Å². The largest absolute Gasteiger partial charge is 0.507 e. The molecule has 1 amide bonds. The Labute approximate surface area is 208 Å². The number of pyridine rings is 1. The summed E-state index contributed by atoms with van der Waals surface area (Å²) in [7, 11) is 1.82. The van der Waals surface area contributed by atoms with Crippen molar-refractivity contribution in [3.8, 4) is 17.1 Å². The maximum atomic E-state index is 13.3. The number of rotatable bonds is 2. The first-order valence-electron chi connectivity index (χ1n) is 12.0. The van der Waals surface area contributed by atoms with E-state index in [0.29, 0.717) is 47.2 Å². The van der Waals surface area contributed by atoms with Crippen LogP contribution in [-0.2, 0) is 11.8 Å². The maximum Gasteiger partial charge on any atom is 0.410 e. The van der Waals surface area contributed by atoms with Crippen LogP contribution in [0.25, 0.3) is 33.2 Å². The van der Waals surface area contributed by atoms with Crippen LogP contribution in [0, 0.1) is 0 Å². The third-order valence-corrected chi connectivity index (χ3v) is 6.52. The molecule has 1 aromatic carbocycles. The predicted octanol–water partition coefficient (Wildman–Crippen LogP) is 4.01. The van der Waals surface area contributed by atoms with Crippen molar-refractivity contribution in [2.45, 2.75) is 58.2 Å². The zero-order valence-electron chi connectivity index (χ0n) is 21.1. The first kappa shape index (κ1) is 23.8. The second-order valence-electron chi connectivity index (χ2n) is 10.5. The summed E-state index contributed by atoms with van der Waals surface area (Å²) in [6.07, 6.45) is 6.09. The summed E-state index contributed by atoms with van der Waals surface area (Å²) in [6, 6.07) is 5.06. The summed E-state index contributed by atoms with van der Waals surface area (Å²) in [6.45, 7) is 8.04. The number of carbonyl (C=O) groups is 1. The van der Waals surface area contributed by atoms with Crippen LogP contribution in [-0.4, -0.2) is 58.6 Å². The Hall–Kier alpha value is -3.95. The number of ether oxygens (including phenoxy) is 1. The summed E-state index contributed by atoms with van der Waals surface area (Å²) in [5, 5.41) is 16.1. The van der Waals surface area contributed by atoms with Crippen LogP contribution >= 0.6 is 0 Å². The lowest BCUT2D eigenvalue weighted by Crippen LogP contribution is -2.47. The summed E-state index contributed by atoms with van der Waals surface area (Å²) >= 11 is 0. The molecule has 5 rings (SSSR count). The normalized spacial score (nSPS) is 18.6. The van der Waals surface area contributed by atoms with Gasteiger partial charge in [-0.25, -0.2) is 14.8 Å². The number of amides is 1. The molecule has 188 valence electrons. The molecule has 1 aliphatic rings. The van der Waals surface area contributed by atoms with E-state index in [1.165, 1.54) is 6.20 Å². The predicted molar refractivity (Wildman–Crippen MR) is 136 cm³/mol. The molecule has 10 nitrogen and oxygen atoms in total. The number of nitrogens with zero attached hydrogens (tertiary/aromatic N) is 6. The fourth-order valence-electron chi connectivity index (χ4n) is 4.82. The molecule has 0 spiro atoms. The van der Waals surface area contributed by atoms with Gasteiger partial charge >= 0.3 is 6.09 Å². The van der Waals surface area contributed by atoms with E-state index in [1.54, 1.807) is 38.5 Å². The molecule has 4 aromatic rings. The number of phenolic OH excluding ortho intramolecular Hbond substituents is 1. The summed E-state index contributed by atoms with van der Waals surface area (Å²) in [5.74, 6) is 0.363. The van der Waals surface area contributed by atoms with E-state index < -0.39 is 5.60 Å². The minimum Gasteiger partial charge on any atom is -0.507 e. The van der Waals surface area contributed by atoms with E-state index in [2.05, 4.69) is 15.1 Å². The molecular formula is C26H30N6O4. The quantitative estimate of drug-likeness (QED) is 0.451. The van der Waals surface area contributed by atoms with E-state index in [0.717, 1.165) is 5.39 Å². The van der Waals surface area contributed by atoms with Crippen molar-refractivity contribution in [3.05, 3.63) is 47.1 Å². The van der Waals surface area contributed by atoms with Crippen molar-refractivity contribution < 1.29 is 14.6 Å². The van der Waals surface area contributed by atoms with E-state index in [4.69, 9.17) is 4.74 Å². The molecule has 0 radical (unpaired) electrons. The lowest BCUT2D eigenvalue weighted by molar-refractivity contribution is 0.00773. The maximum absolute atomic E-state index is 13.3. The van der Waals surface area contributed by atoms with Crippen molar-refractivity contribution in [1.82, 2.24) is 29.2 Å². The highest BCUT2D eigenvalue weighted by atomic mass is 16.6. The Morgan fingerprint density at radius 2 is 2.00 bits per heavy atom. The molecule has 1 N–H and O–H groups in total. The number of fused-ring (bicyclic) bond motifs is 2. The fraction of sp³-hybridized carbons (Fsp3) is 0.423.